The van der Waals surface area contributed by atoms with Crippen molar-refractivity contribution in [1.29, 1.82) is 0 Å². The van der Waals surface area contributed by atoms with Crippen molar-refractivity contribution in [3.8, 4) is 0 Å². The molecule has 84 heavy (non-hydrogen) atoms. The Morgan fingerprint density at radius 2 is 0.714 bits per heavy atom. The van der Waals surface area contributed by atoms with Crippen LogP contribution in [0.4, 0.5) is 0 Å². The normalized spacial score (nSPS) is 14.8. The number of thioether (sulfide) groups is 3. The van der Waals surface area contributed by atoms with Crippen molar-refractivity contribution < 1.29 is 77.3 Å². The quantitative estimate of drug-likeness (QED) is 0.0153. The fourth-order valence-corrected chi connectivity index (χ4v) is 8.75. The van der Waals surface area contributed by atoms with Crippen LogP contribution in [0.2, 0.25) is 0 Å². The lowest BCUT2D eigenvalue weighted by atomic mass is 10.0. The Kier molecular flexibility index (Phi) is 38.2. The number of primary amides is 4. The summed E-state index contributed by atoms with van der Waals surface area (Å²) in [7, 11) is 0. The average Bonchev–Trinajstić information content (AvgIpc) is 3.59. The van der Waals surface area contributed by atoms with Crippen LogP contribution in [0.25, 0.3) is 0 Å². The van der Waals surface area contributed by atoms with E-state index in [2.05, 4.69) is 52.8 Å². The predicted octanol–water partition coefficient (Wildman–Crippen LogP) is -7.46. The highest BCUT2D eigenvalue weighted by Crippen LogP contribution is 2.11. The second-order valence-corrected chi connectivity index (χ2v) is 22.1. The number of carboxylic acids is 1. The Hall–Kier alpha value is -7.18. The van der Waals surface area contributed by atoms with E-state index in [-0.39, 0.29) is 63.2 Å². The molecule has 476 valence electrons. The number of nitrogens with two attached hydrogens (primary N) is 7. The van der Waals surface area contributed by atoms with E-state index in [0.717, 1.165) is 6.92 Å². The second-order valence-electron chi connectivity index (χ2n) is 19.1. The molecule has 25 N–H and O–H groups in total. The Bertz CT molecular complexity index is 2300. The molecule has 33 nitrogen and oxygen atoms in total. The molecule has 0 aromatic carbocycles. The number of aliphatic hydroxyl groups excluding tert-OH is 1. The minimum atomic E-state index is -1.90. The van der Waals surface area contributed by atoms with E-state index in [0.29, 0.717) is 11.5 Å². The summed E-state index contributed by atoms with van der Waals surface area (Å²) in [5.41, 5.74) is 38.0. The largest absolute Gasteiger partial charge is 0.480 e. The van der Waals surface area contributed by atoms with Crippen molar-refractivity contribution in [2.24, 2.45) is 45.1 Å². The number of rotatable bonds is 45. The van der Waals surface area contributed by atoms with Gasteiger partial charge in [0, 0.05) is 32.2 Å². The van der Waals surface area contributed by atoms with Crippen LogP contribution in [0.3, 0.4) is 0 Å². The summed E-state index contributed by atoms with van der Waals surface area (Å²) in [6.45, 7) is 2.37. The lowest BCUT2D eigenvalue weighted by Crippen LogP contribution is -2.62. The van der Waals surface area contributed by atoms with Gasteiger partial charge >= 0.3 is 5.97 Å². The van der Waals surface area contributed by atoms with Crippen molar-refractivity contribution in [3.05, 3.63) is 0 Å². The van der Waals surface area contributed by atoms with Gasteiger partial charge in [0.15, 0.2) is 5.96 Å². The van der Waals surface area contributed by atoms with Gasteiger partial charge in [0.1, 0.15) is 54.4 Å². The van der Waals surface area contributed by atoms with E-state index in [1.54, 1.807) is 18.8 Å². The maximum atomic E-state index is 14.2. The first kappa shape index (κ1) is 76.8. The number of nitrogens with zero attached hydrogens (tertiary/aromatic N) is 1. The Morgan fingerprint density at radius 3 is 1.06 bits per heavy atom. The van der Waals surface area contributed by atoms with Gasteiger partial charge in [0.2, 0.25) is 76.8 Å². The molecule has 0 aliphatic carbocycles. The molecular formula is C48H85N17O16S3. The van der Waals surface area contributed by atoms with Gasteiger partial charge in [-0.2, -0.15) is 35.3 Å². The summed E-state index contributed by atoms with van der Waals surface area (Å²) in [5.74, 6) is -13.3. The van der Waals surface area contributed by atoms with Crippen LogP contribution in [-0.4, -0.2) is 208 Å². The number of carbonyl (C=O) groups excluding carboxylic acids is 13. The molecule has 0 aromatic rings. The van der Waals surface area contributed by atoms with E-state index in [4.69, 9.17) is 40.1 Å². The molecule has 0 fully saturated rings. The molecule has 0 rings (SSSR count). The number of carbonyl (C=O) groups is 14. The standard InChI is InChI=1S/C48H85N17O16S3/c1-23(57-39(72)25(49)8-12-33(50)67)38(71)58-30(16-20-82-3)43(76)59-26(7-6-19-56-48(54)55)45(78)65-37(24(2)66)46(79)63-29(11-15-36(53)70)41(74)62-31(17-21-83-4)44(77)61-27(9-13-34(51)68)40(73)60-28(10-14-35(52)69)42(75)64-32(47(80)81)18-22-84-5/h23-32,37,66H,6-22,49H2,1-5H3,(H2,50,67)(H2,51,68)(H2,52,69)(H2,53,70)(H,57,72)(H,58,71)(H,59,76)(H,60,73)(H,61,77)(H,62,74)(H,63,79)(H,64,75)(H,65,78)(H,80,81)(H4,54,55,56)/t23-,24+,25-,26-,27-,28-,29-,30-,31-,32-,37-/m0/s1. The molecule has 0 aromatic heterocycles. The van der Waals surface area contributed by atoms with E-state index in [1.165, 1.54) is 42.2 Å². The van der Waals surface area contributed by atoms with Crippen LogP contribution >= 0.6 is 35.3 Å². The van der Waals surface area contributed by atoms with Crippen LogP contribution < -0.4 is 88.0 Å². The van der Waals surface area contributed by atoms with Crippen LogP contribution in [0.1, 0.15) is 97.3 Å². The molecule has 0 saturated heterocycles. The number of guanidine groups is 1. The number of aliphatic carboxylic acids is 1. The van der Waals surface area contributed by atoms with Crippen LogP contribution in [0.5, 0.6) is 0 Å². The number of hydrogen-bond donors (Lipinski definition) is 18. The predicted molar refractivity (Wildman–Crippen MR) is 313 cm³/mol. The second kappa shape index (κ2) is 41.8. The minimum Gasteiger partial charge on any atom is -0.480 e. The van der Waals surface area contributed by atoms with E-state index >= 15 is 0 Å². The third-order valence-corrected chi connectivity index (χ3v) is 14.0. The summed E-state index contributed by atoms with van der Waals surface area (Å²) in [6, 6.07) is -15.1. The molecule has 0 radical (unpaired) electrons. The lowest BCUT2D eigenvalue weighted by molar-refractivity contribution is -0.142. The van der Waals surface area contributed by atoms with Gasteiger partial charge in [-0.1, -0.05) is 0 Å². The van der Waals surface area contributed by atoms with E-state index in [1.807, 2.05) is 0 Å². The zero-order valence-electron chi connectivity index (χ0n) is 47.7. The maximum Gasteiger partial charge on any atom is 0.326 e. The van der Waals surface area contributed by atoms with Gasteiger partial charge < -0.3 is 98.2 Å². The smallest absolute Gasteiger partial charge is 0.326 e. The number of aliphatic imine (C=N–C) groups is 1. The highest BCUT2D eigenvalue weighted by molar-refractivity contribution is 7.98. The molecule has 0 aliphatic rings. The fraction of sp³-hybridized carbons (Fsp3) is 0.688. The SMILES string of the molecule is CSCC[C@H](NC(=O)[C@H](CCC(N)=O)NC(=O)[C@H](CCC(N)=O)NC(=O)[C@H](CCSC)NC(=O)[C@H](CCC(N)=O)NC(=O)[C@@H](NC(=O)[C@H](CCCN=C(N)N)NC(=O)[C@H](CCSC)NC(=O)[C@H](C)NC(=O)[C@@H](N)CCC(N)=O)[C@@H](C)O)C(=O)O. The molecule has 0 bridgehead atoms. The monoisotopic (exact) mass is 1250 g/mol. The number of carboxylic acid groups (broad SMARTS) is 1. The average molecular weight is 1250 g/mol. The first-order chi connectivity index (χ1) is 39.4. The lowest BCUT2D eigenvalue weighted by Gasteiger charge is -2.29. The summed E-state index contributed by atoms with van der Waals surface area (Å²) < 4.78 is 0. The van der Waals surface area contributed by atoms with Gasteiger partial charge in [0.05, 0.1) is 12.1 Å². The number of aliphatic hydroxyl groups is 1. The highest BCUT2D eigenvalue weighted by atomic mass is 32.2. The summed E-state index contributed by atoms with van der Waals surface area (Å²) >= 11 is 3.85. The van der Waals surface area contributed by atoms with Gasteiger partial charge in [-0.15, -0.1) is 0 Å². The van der Waals surface area contributed by atoms with Crippen LogP contribution in [0.15, 0.2) is 4.99 Å². The molecule has 0 heterocycles. The van der Waals surface area contributed by atoms with Crippen LogP contribution in [-0.2, 0) is 67.1 Å². The number of nitrogens with one attached hydrogen (secondary N) is 9. The summed E-state index contributed by atoms with van der Waals surface area (Å²) in [4.78, 5) is 186. The van der Waals surface area contributed by atoms with Crippen LogP contribution in [0, 0.1) is 0 Å². The number of amides is 13. The van der Waals surface area contributed by atoms with Crippen molar-refractivity contribution in [2.75, 3.05) is 42.6 Å². The minimum absolute atomic E-state index is 0.00694. The Balaban J connectivity index is 6.90. The van der Waals surface area contributed by atoms with Gasteiger partial charge in [-0.3, -0.25) is 67.3 Å². The molecule has 0 saturated carbocycles. The molecule has 0 unspecified atom stereocenters. The first-order valence-corrected chi connectivity index (χ1v) is 30.6. The fourth-order valence-electron chi connectivity index (χ4n) is 7.33. The zero-order valence-corrected chi connectivity index (χ0v) is 50.1. The van der Waals surface area contributed by atoms with Crippen molar-refractivity contribution in [3.63, 3.8) is 0 Å². The Labute approximate surface area is 498 Å². The molecule has 0 spiro atoms. The molecule has 13 amide bonds. The third kappa shape index (κ3) is 32.6. The topological polar surface area (TPSA) is 582 Å². The first-order valence-electron chi connectivity index (χ1n) is 26.4. The molecular weight excluding hydrogens is 1170 g/mol. The van der Waals surface area contributed by atoms with Gasteiger partial charge in [-0.05, 0) is 108 Å². The van der Waals surface area contributed by atoms with Crippen molar-refractivity contribution in [2.45, 2.75) is 164 Å². The van der Waals surface area contributed by atoms with E-state index in [9.17, 15) is 77.3 Å². The third-order valence-electron chi connectivity index (χ3n) is 12.1. The summed E-state index contributed by atoms with van der Waals surface area (Å²) in [6.07, 6.45) is -0.118. The summed E-state index contributed by atoms with van der Waals surface area (Å²) in [5, 5.41) is 42.3. The van der Waals surface area contributed by atoms with Gasteiger partial charge in [-0.25, -0.2) is 4.79 Å². The maximum absolute atomic E-state index is 14.2. The Morgan fingerprint density at radius 1 is 0.405 bits per heavy atom. The van der Waals surface area contributed by atoms with E-state index < -0.39 is 188 Å². The highest BCUT2D eigenvalue weighted by Gasteiger charge is 2.37. The number of hydrogen-bond acceptors (Lipinski definition) is 20. The molecule has 36 heteroatoms. The molecule has 0 aliphatic heterocycles. The van der Waals surface area contributed by atoms with Crippen molar-refractivity contribution in [1.82, 2.24) is 47.9 Å². The zero-order chi connectivity index (χ0) is 64.2. The molecule has 11 atom stereocenters. The van der Waals surface area contributed by atoms with Gasteiger partial charge in [0.25, 0.3) is 0 Å². The van der Waals surface area contributed by atoms with Crippen molar-refractivity contribution >= 4 is 124 Å².